The molecule has 0 aromatic heterocycles. The average Bonchev–Trinajstić information content (AvgIpc) is 2.33. The fourth-order valence-electron chi connectivity index (χ4n) is 2.12. The quantitative estimate of drug-likeness (QED) is 0.757. The number of hydrogen-bond donors (Lipinski definition) is 2. The minimum absolute atomic E-state index is 0.183. The molecule has 0 saturated carbocycles. The second-order valence-electron chi connectivity index (χ2n) is 4.42. The average molecular weight is 236 g/mol. The molecule has 1 aromatic carbocycles. The molecular formula is C14H24N2O. The van der Waals surface area contributed by atoms with Gasteiger partial charge in [-0.1, -0.05) is 36.8 Å². The molecule has 96 valence electrons. The van der Waals surface area contributed by atoms with E-state index in [1.54, 1.807) is 0 Å². The van der Waals surface area contributed by atoms with Crippen LogP contribution in [-0.4, -0.2) is 36.2 Å². The zero-order chi connectivity index (χ0) is 12.7. The first-order chi connectivity index (χ1) is 8.22. The molecule has 3 heteroatoms. The molecule has 0 aliphatic carbocycles. The van der Waals surface area contributed by atoms with Gasteiger partial charge in [0, 0.05) is 19.1 Å². The first kappa shape index (κ1) is 14.2. The highest BCUT2D eigenvalue weighted by Gasteiger charge is 2.17. The monoisotopic (exact) mass is 236 g/mol. The van der Waals surface area contributed by atoms with Crippen molar-refractivity contribution < 1.29 is 5.11 Å². The number of nitrogens with two attached hydrogens (primary N) is 1. The summed E-state index contributed by atoms with van der Waals surface area (Å²) in [5.74, 6) is 0. The number of aryl methyl sites for hydroxylation is 1. The van der Waals surface area contributed by atoms with E-state index in [0.29, 0.717) is 13.1 Å². The Balaban J connectivity index is 2.83. The molecule has 0 amide bonds. The van der Waals surface area contributed by atoms with E-state index >= 15 is 0 Å². The Hall–Kier alpha value is -0.900. The maximum absolute atomic E-state index is 9.12. The molecule has 17 heavy (non-hydrogen) atoms. The van der Waals surface area contributed by atoms with Crippen LogP contribution in [0.5, 0.6) is 0 Å². The van der Waals surface area contributed by atoms with Gasteiger partial charge in [0.25, 0.3) is 0 Å². The fourth-order valence-corrected chi connectivity index (χ4v) is 2.12. The van der Waals surface area contributed by atoms with Gasteiger partial charge in [-0.3, -0.25) is 4.90 Å². The number of hydrogen-bond acceptors (Lipinski definition) is 3. The van der Waals surface area contributed by atoms with E-state index < -0.39 is 0 Å². The van der Waals surface area contributed by atoms with E-state index in [2.05, 4.69) is 43.0 Å². The summed E-state index contributed by atoms with van der Waals surface area (Å²) in [6, 6.07) is 8.70. The molecule has 0 aliphatic heterocycles. The molecule has 3 nitrogen and oxygen atoms in total. The molecule has 1 rings (SSSR count). The highest BCUT2D eigenvalue weighted by Crippen LogP contribution is 2.20. The Morgan fingerprint density at radius 2 is 1.88 bits per heavy atom. The van der Waals surface area contributed by atoms with Crippen molar-refractivity contribution in [2.24, 2.45) is 5.73 Å². The standard InChI is InChI=1S/C14H24N2O/c1-3-8-16(9-10-17)14(11-15)13-6-4-12(2)5-7-13/h4-7,14,17H,3,8-11,15H2,1-2H3. The van der Waals surface area contributed by atoms with Crippen LogP contribution >= 0.6 is 0 Å². The van der Waals surface area contributed by atoms with Crippen LogP contribution < -0.4 is 5.73 Å². The van der Waals surface area contributed by atoms with Crippen molar-refractivity contribution in [3.8, 4) is 0 Å². The molecule has 0 heterocycles. The van der Waals surface area contributed by atoms with E-state index in [1.165, 1.54) is 11.1 Å². The van der Waals surface area contributed by atoms with Crippen molar-refractivity contribution >= 4 is 0 Å². The Labute approximate surface area is 104 Å². The maximum Gasteiger partial charge on any atom is 0.0558 e. The van der Waals surface area contributed by atoms with Gasteiger partial charge in [-0.15, -0.1) is 0 Å². The Morgan fingerprint density at radius 3 is 2.35 bits per heavy atom. The first-order valence-corrected chi connectivity index (χ1v) is 6.34. The molecule has 0 aliphatic rings. The molecule has 0 radical (unpaired) electrons. The summed E-state index contributed by atoms with van der Waals surface area (Å²) in [4.78, 5) is 2.25. The van der Waals surface area contributed by atoms with Gasteiger partial charge in [-0.25, -0.2) is 0 Å². The largest absolute Gasteiger partial charge is 0.395 e. The molecule has 1 unspecified atom stereocenters. The van der Waals surface area contributed by atoms with E-state index in [0.717, 1.165) is 13.0 Å². The molecule has 0 fully saturated rings. The number of nitrogens with zero attached hydrogens (tertiary/aromatic N) is 1. The fraction of sp³-hybridized carbons (Fsp3) is 0.571. The van der Waals surface area contributed by atoms with Gasteiger partial charge in [0.1, 0.15) is 0 Å². The highest BCUT2D eigenvalue weighted by atomic mass is 16.3. The van der Waals surface area contributed by atoms with E-state index in [-0.39, 0.29) is 12.6 Å². The normalized spacial score (nSPS) is 13.0. The molecule has 0 spiro atoms. The summed E-state index contributed by atoms with van der Waals surface area (Å²) in [6.07, 6.45) is 1.07. The maximum atomic E-state index is 9.12. The lowest BCUT2D eigenvalue weighted by molar-refractivity contribution is 0.153. The van der Waals surface area contributed by atoms with Crippen molar-refractivity contribution in [1.82, 2.24) is 4.90 Å². The highest BCUT2D eigenvalue weighted by molar-refractivity contribution is 5.24. The second-order valence-corrected chi connectivity index (χ2v) is 4.42. The first-order valence-electron chi connectivity index (χ1n) is 6.34. The summed E-state index contributed by atoms with van der Waals surface area (Å²) < 4.78 is 0. The van der Waals surface area contributed by atoms with Crippen molar-refractivity contribution in [2.45, 2.75) is 26.3 Å². The van der Waals surface area contributed by atoms with Gasteiger partial charge in [0.15, 0.2) is 0 Å². The molecule has 1 atom stereocenters. The minimum Gasteiger partial charge on any atom is -0.395 e. The van der Waals surface area contributed by atoms with Gasteiger partial charge >= 0.3 is 0 Å². The van der Waals surface area contributed by atoms with Crippen LogP contribution in [0, 0.1) is 6.92 Å². The lowest BCUT2D eigenvalue weighted by atomic mass is 10.0. The topological polar surface area (TPSA) is 49.5 Å². The molecule has 0 bridgehead atoms. The summed E-state index contributed by atoms with van der Waals surface area (Å²) in [7, 11) is 0. The summed E-state index contributed by atoms with van der Waals surface area (Å²) in [6.45, 7) is 6.65. The number of aliphatic hydroxyl groups is 1. The lowest BCUT2D eigenvalue weighted by Gasteiger charge is -2.30. The minimum atomic E-state index is 0.183. The summed E-state index contributed by atoms with van der Waals surface area (Å²) >= 11 is 0. The predicted octanol–water partition coefficient (Wildman–Crippen LogP) is 1.70. The smallest absolute Gasteiger partial charge is 0.0558 e. The van der Waals surface area contributed by atoms with Gasteiger partial charge in [0.05, 0.1) is 6.61 Å². The third-order valence-corrected chi connectivity index (χ3v) is 3.02. The second kappa shape index (κ2) is 7.43. The van der Waals surface area contributed by atoms with Crippen LogP contribution in [0.1, 0.15) is 30.5 Å². The third kappa shape index (κ3) is 4.11. The van der Waals surface area contributed by atoms with Crippen molar-refractivity contribution in [2.75, 3.05) is 26.2 Å². The Bertz CT molecular complexity index is 305. The van der Waals surface area contributed by atoms with E-state index in [4.69, 9.17) is 10.8 Å². The SMILES string of the molecule is CCCN(CCO)C(CN)c1ccc(C)cc1. The van der Waals surface area contributed by atoms with Gasteiger partial charge in [0.2, 0.25) is 0 Å². The molecule has 0 saturated heterocycles. The molecular weight excluding hydrogens is 212 g/mol. The van der Waals surface area contributed by atoms with Crippen LogP contribution in [0.3, 0.4) is 0 Å². The summed E-state index contributed by atoms with van der Waals surface area (Å²) in [5, 5.41) is 9.12. The van der Waals surface area contributed by atoms with Crippen molar-refractivity contribution in [3.63, 3.8) is 0 Å². The van der Waals surface area contributed by atoms with Crippen LogP contribution in [-0.2, 0) is 0 Å². The third-order valence-electron chi connectivity index (χ3n) is 3.02. The molecule has 1 aromatic rings. The van der Waals surface area contributed by atoms with Crippen molar-refractivity contribution in [3.05, 3.63) is 35.4 Å². The lowest BCUT2D eigenvalue weighted by Crippen LogP contribution is -2.36. The van der Waals surface area contributed by atoms with Crippen LogP contribution in [0.2, 0.25) is 0 Å². The Morgan fingerprint density at radius 1 is 1.24 bits per heavy atom. The number of aliphatic hydroxyl groups excluding tert-OH is 1. The van der Waals surface area contributed by atoms with Crippen LogP contribution in [0.25, 0.3) is 0 Å². The van der Waals surface area contributed by atoms with E-state index in [9.17, 15) is 0 Å². The zero-order valence-electron chi connectivity index (χ0n) is 10.9. The Kier molecular flexibility index (Phi) is 6.19. The molecule has 3 N–H and O–H groups in total. The number of benzene rings is 1. The van der Waals surface area contributed by atoms with Gasteiger partial charge < -0.3 is 10.8 Å². The van der Waals surface area contributed by atoms with Crippen LogP contribution in [0.15, 0.2) is 24.3 Å². The van der Waals surface area contributed by atoms with Gasteiger partial charge in [-0.05, 0) is 25.5 Å². The zero-order valence-corrected chi connectivity index (χ0v) is 10.9. The van der Waals surface area contributed by atoms with Crippen molar-refractivity contribution in [1.29, 1.82) is 0 Å². The van der Waals surface area contributed by atoms with Crippen LogP contribution in [0.4, 0.5) is 0 Å². The predicted molar refractivity (Wildman–Crippen MR) is 71.9 cm³/mol. The van der Waals surface area contributed by atoms with Gasteiger partial charge in [-0.2, -0.15) is 0 Å². The summed E-state index contributed by atoms with van der Waals surface area (Å²) in [5.41, 5.74) is 8.38. The number of rotatable bonds is 7. The van der Waals surface area contributed by atoms with E-state index in [1.807, 2.05) is 0 Å².